The Hall–Kier alpha value is 0.390. The second-order valence-electron chi connectivity index (χ2n) is 4.78. The number of halogens is 2. The van der Waals surface area contributed by atoms with Crippen molar-refractivity contribution in [3.63, 3.8) is 0 Å². The minimum absolute atomic E-state index is 0.227. The third-order valence-electron chi connectivity index (χ3n) is 3.36. The normalized spacial score (nSPS) is 19.3. The van der Waals surface area contributed by atoms with Gasteiger partial charge in [-0.1, -0.05) is 18.5 Å². The molecule has 2 unspecified atom stereocenters. The fraction of sp³-hybridized carbons (Fsp3) is 0.667. The molecule has 1 aliphatic carbocycles. The molecule has 3 N–H and O–H groups in total. The number of nitrogens with one attached hydrogen (secondary N) is 1. The number of thiophene rings is 1. The summed E-state index contributed by atoms with van der Waals surface area (Å²) in [6, 6.07) is 2.30. The first-order chi connectivity index (χ1) is 8.11. The van der Waals surface area contributed by atoms with Crippen LogP contribution in [0.4, 0.5) is 0 Å². The first kappa shape index (κ1) is 13.8. The molecule has 0 amide bonds. The molecule has 2 rings (SSSR count). The predicted octanol–water partition coefficient (Wildman–Crippen LogP) is 3.80. The fourth-order valence-corrected chi connectivity index (χ4v) is 3.82. The number of rotatable bonds is 6. The van der Waals surface area contributed by atoms with Crippen LogP contribution in [-0.2, 0) is 0 Å². The molecule has 0 aromatic carbocycles. The van der Waals surface area contributed by atoms with Gasteiger partial charge < -0.3 is 11.1 Å². The molecule has 0 spiro atoms. The van der Waals surface area contributed by atoms with Crippen molar-refractivity contribution in [2.24, 2.45) is 17.6 Å². The van der Waals surface area contributed by atoms with Gasteiger partial charge >= 0.3 is 0 Å². The summed E-state index contributed by atoms with van der Waals surface area (Å²) in [4.78, 5) is 1.22. The van der Waals surface area contributed by atoms with Crippen LogP contribution < -0.4 is 11.1 Å². The van der Waals surface area contributed by atoms with E-state index in [4.69, 9.17) is 17.3 Å². The lowest BCUT2D eigenvalue weighted by Crippen LogP contribution is -2.31. The second-order valence-corrected chi connectivity index (χ2v) is 7.32. The number of hydrogen-bond donors (Lipinski definition) is 2. The lowest BCUT2D eigenvalue weighted by atomic mass is 10.1. The summed E-state index contributed by atoms with van der Waals surface area (Å²) in [5.41, 5.74) is 5.83. The van der Waals surface area contributed by atoms with Crippen LogP contribution in [0.3, 0.4) is 0 Å². The van der Waals surface area contributed by atoms with E-state index in [1.165, 1.54) is 17.7 Å². The fourth-order valence-electron chi connectivity index (χ4n) is 2.00. The molecule has 0 saturated heterocycles. The van der Waals surface area contributed by atoms with E-state index in [9.17, 15) is 0 Å². The molecular weight excluding hydrogens is 320 g/mol. The maximum atomic E-state index is 6.06. The molecule has 5 heteroatoms. The van der Waals surface area contributed by atoms with Crippen molar-refractivity contribution in [3.8, 4) is 0 Å². The summed E-state index contributed by atoms with van der Waals surface area (Å²) in [5, 5.41) is 3.55. The highest BCUT2D eigenvalue weighted by molar-refractivity contribution is 9.10. The highest BCUT2D eigenvalue weighted by atomic mass is 79.9. The molecule has 1 fully saturated rings. The molecule has 1 aromatic rings. The van der Waals surface area contributed by atoms with E-state index in [1.807, 2.05) is 0 Å². The zero-order valence-electron chi connectivity index (χ0n) is 9.88. The molecule has 96 valence electrons. The minimum atomic E-state index is 0.227. The molecule has 0 radical (unpaired) electrons. The van der Waals surface area contributed by atoms with E-state index in [2.05, 4.69) is 34.2 Å². The third-order valence-corrected chi connectivity index (χ3v) is 5.94. The smallest absolute Gasteiger partial charge is 0.107 e. The van der Waals surface area contributed by atoms with Gasteiger partial charge in [0.2, 0.25) is 0 Å². The Morgan fingerprint density at radius 3 is 2.82 bits per heavy atom. The lowest BCUT2D eigenvalue weighted by Gasteiger charge is -2.18. The molecule has 17 heavy (non-hydrogen) atoms. The molecule has 1 aliphatic rings. The van der Waals surface area contributed by atoms with Gasteiger partial charge in [-0.2, -0.15) is 0 Å². The second kappa shape index (κ2) is 6.02. The maximum absolute atomic E-state index is 6.06. The standard InChI is InChI=1S/C12H18BrClN2S/c1-7(8-2-3-8)6-16-10(5-15)11-4-9(13)12(14)17-11/h4,7-8,10,16H,2-3,5-6,15H2,1H3. The average molecular weight is 338 g/mol. The van der Waals surface area contributed by atoms with Crippen LogP contribution in [0, 0.1) is 11.8 Å². The Morgan fingerprint density at radius 2 is 2.35 bits per heavy atom. The van der Waals surface area contributed by atoms with Gasteiger partial charge in [0.15, 0.2) is 0 Å². The molecule has 2 nitrogen and oxygen atoms in total. The average Bonchev–Trinajstić information content (AvgIpc) is 3.08. The Kier molecular flexibility index (Phi) is 4.89. The van der Waals surface area contributed by atoms with E-state index in [0.717, 1.165) is 27.2 Å². The Balaban J connectivity index is 1.91. The third kappa shape index (κ3) is 3.67. The monoisotopic (exact) mass is 336 g/mol. The van der Waals surface area contributed by atoms with Gasteiger partial charge in [-0.3, -0.25) is 0 Å². The van der Waals surface area contributed by atoms with Gasteiger partial charge in [-0.05, 0) is 53.2 Å². The molecule has 1 aromatic heterocycles. The molecule has 1 heterocycles. The highest BCUT2D eigenvalue weighted by Crippen LogP contribution is 2.37. The van der Waals surface area contributed by atoms with Crippen molar-refractivity contribution in [2.75, 3.05) is 13.1 Å². The van der Waals surface area contributed by atoms with Crippen molar-refractivity contribution in [3.05, 3.63) is 19.8 Å². The van der Waals surface area contributed by atoms with E-state index < -0.39 is 0 Å². The number of nitrogens with two attached hydrogens (primary N) is 1. The van der Waals surface area contributed by atoms with Gasteiger partial charge in [0.05, 0.1) is 6.04 Å². The first-order valence-electron chi connectivity index (χ1n) is 6.00. The van der Waals surface area contributed by atoms with Gasteiger partial charge in [-0.15, -0.1) is 11.3 Å². The van der Waals surface area contributed by atoms with Crippen LogP contribution in [0.15, 0.2) is 10.5 Å². The van der Waals surface area contributed by atoms with Crippen molar-refractivity contribution in [2.45, 2.75) is 25.8 Å². The molecule has 0 bridgehead atoms. The molecule has 0 aliphatic heterocycles. The summed E-state index contributed by atoms with van der Waals surface area (Å²) in [7, 11) is 0. The predicted molar refractivity (Wildman–Crippen MR) is 78.7 cm³/mol. The number of hydrogen-bond acceptors (Lipinski definition) is 3. The van der Waals surface area contributed by atoms with Crippen LogP contribution in [0.2, 0.25) is 4.34 Å². The van der Waals surface area contributed by atoms with Gasteiger partial charge in [0.25, 0.3) is 0 Å². The van der Waals surface area contributed by atoms with E-state index in [0.29, 0.717) is 6.54 Å². The zero-order valence-corrected chi connectivity index (χ0v) is 13.0. The van der Waals surface area contributed by atoms with Crippen LogP contribution in [0.5, 0.6) is 0 Å². The van der Waals surface area contributed by atoms with Gasteiger partial charge in [-0.25, -0.2) is 0 Å². The van der Waals surface area contributed by atoms with E-state index in [1.54, 1.807) is 11.3 Å². The molecule has 1 saturated carbocycles. The van der Waals surface area contributed by atoms with Crippen molar-refractivity contribution < 1.29 is 0 Å². The SMILES string of the molecule is CC(CNC(CN)c1cc(Br)c(Cl)s1)C1CC1. The molecular formula is C12H18BrClN2S. The summed E-state index contributed by atoms with van der Waals surface area (Å²) in [6.45, 7) is 3.97. The van der Waals surface area contributed by atoms with Crippen LogP contribution in [-0.4, -0.2) is 13.1 Å². The Bertz CT molecular complexity index is 359. The zero-order chi connectivity index (χ0) is 12.4. The minimum Gasteiger partial charge on any atom is -0.329 e. The van der Waals surface area contributed by atoms with Crippen LogP contribution in [0.1, 0.15) is 30.7 Å². The van der Waals surface area contributed by atoms with Crippen LogP contribution in [0.25, 0.3) is 0 Å². The summed E-state index contributed by atoms with van der Waals surface area (Å²) >= 11 is 11.1. The van der Waals surface area contributed by atoms with E-state index >= 15 is 0 Å². The topological polar surface area (TPSA) is 38.0 Å². The summed E-state index contributed by atoms with van der Waals surface area (Å²) in [6.07, 6.45) is 2.79. The van der Waals surface area contributed by atoms with Crippen molar-refractivity contribution in [1.82, 2.24) is 5.32 Å². The van der Waals surface area contributed by atoms with Gasteiger partial charge in [0, 0.05) is 15.9 Å². The first-order valence-corrected chi connectivity index (χ1v) is 7.98. The maximum Gasteiger partial charge on any atom is 0.107 e. The van der Waals surface area contributed by atoms with Gasteiger partial charge in [0.1, 0.15) is 4.34 Å². The summed E-state index contributed by atoms with van der Waals surface area (Å²) in [5.74, 6) is 1.68. The van der Waals surface area contributed by atoms with Crippen molar-refractivity contribution >= 4 is 38.9 Å². The van der Waals surface area contributed by atoms with E-state index in [-0.39, 0.29) is 6.04 Å². The Labute approximate surface area is 120 Å². The highest BCUT2D eigenvalue weighted by Gasteiger charge is 2.28. The lowest BCUT2D eigenvalue weighted by molar-refractivity contribution is 0.425. The molecule has 2 atom stereocenters. The van der Waals surface area contributed by atoms with Crippen LogP contribution >= 0.6 is 38.9 Å². The Morgan fingerprint density at radius 1 is 1.65 bits per heavy atom. The largest absolute Gasteiger partial charge is 0.329 e. The quantitative estimate of drug-likeness (QED) is 0.828. The van der Waals surface area contributed by atoms with Crippen molar-refractivity contribution in [1.29, 1.82) is 0 Å². The summed E-state index contributed by atoms with van der Waals surface area (Å²) < 4.78 is 1.77.